The SMILES string of the molecule is N#Cc1ccc2c(c1)NCC(=O)N2. The molecular weight excluding hydrogens is 166 g/mol. The molecule has 0 saturated carbocycles. The number of carbonyl (C=O) groups is 1. The fraction of sp³-hybridized carbons (Fsp3) is 0.111. The first-order valence-corrected chi connectivity index (χ1v) is 3.87. The number of anilines is 2. The van der Waals surface area contributed by atoms with Crippen LogP contribution in [-0.2, 0) is 4.79 Å². The van der Waals surface area contributed by atoms with E-state index in [9.17, 15) is 4.79 Å². The molecule has 2 rings (SSSR count). The Hall–Kier alpha value is -2.02. The minimum Gasteiger partial charge on any atom is -0.374 e. The summed E-state index contributed by atoms with van der Waals surface area (Å²) in [7, 11) is 0. The smallest absolute Gasteiger partial charge is 0.243 e. The van der Waals surface area contributed by atoms with Crippen LogP contribution in [0.5, 0.6) is 0 Å². The number of hydrogen-bond acceptors (Lipinski definition) is 3. The van der Waals surface area contributed by atoms with Crippen LogP contribution in [0.15, 0.2) is 18.2 Å². The number of nitrogens with one attached hydrogen (secondary N) is 2. The minimum absolute atomic E-state index is 0.0581. The highest BCUT2D eigenvalue weighted by Gasteiger charge is 2.13. The first kappa shape index (κ1) is 7.62. The minimum atomic E-state index is -0.0581. The third-order valence-electron chi connectivity index (χ3n) is 1.86. The fourth-order valence-electron chi connectivity index (χ4n) is 1.24. The molecule has 2 N–H and O–H groups in total. The Morgan fingerprint density at radius 1 is 1.38 bits per heavy atom. The van der Waals surface area contributed by atoms with Crippen LogP contribution in [0.4, 0.5) is 11.4 Å². The molecule has 0 bridgehead atoms. The summed E-state index contributed by atoms with van der Waals surface area (Å²) in [5, 5.41) is 14.3. The molecule has 4 heteroatoms. The number of hydrogen-bond donors (Lipinski definition) is 2. The maximum atomic E-state index is 10.9. The van der Waals surface area contributed by atoms with Gasteiger partial charge < -0.3 is 10.6 Å². The van der Waals surface area contributed by atoms with E-state index in [4.69, 9.17) is 5.26 Å². The molecule has 4 nitrogen and oxygen atoms in total. The van der Waals surface area contributed by atoms with Crippen LogP contribution in [0.3, 0.4) is 0 Å². The van der Waals surface area contributed by atoms with Gasteiger partial charge in [0.25, 0.3) is 0 Å². The fourth-order valence-corrected chi connectivity index (χ4v) is 1.24. The number of rotatable bonds is 0. The molecule has 13 heavy (non-hydrogen) atoms. The van der Waals surface area contributed by atoms with E-state index in [1.54, 1.807) is 18.2 Å². The molecular formula is C9H7N3O. The van der Waals surface area contributed by atoms with Gasteiger partial charge in [-0.15, -0.1) is 0 Å². The van der Waals surface area contributed by atoms with Crippen LogP contribution < -0.4 is 10.6 Å². The van der Waals surface area contributed by atoms with Crippen LogP contribution in [0.2, 0.25) is 0 Å². The Kier molecular flexibility index (Phi) is 1.64. The zero-order valence-corrected chi connectivity index (χ0v) is 6.79. The molecule has 1 aliphatic heterocycles. The van der Waals surface area contributed by atoms with Gasteiger partial charge in [0.15, 0.2) is 0 Å². The lowest BCUT2D eigenvalue weighted by Crippen LogP contribution is -2.27. The van der Waals surface area contributed by atoms with Gasteiger partial charge in [0.05, 0.1) is 29.6 Å². The van der Waals surface area contributed by atoms with Crippen LogP contribution >= 0.6 is 0 Å². The Balaban J connectivity index is 2.43. The van der Waals surface area contributed by atoms with Crippen LogP contribution in [0, 0.1) is 11.3 Å². The Morgan fingerprint density at radius 3 is 3.00 bits per heavy atom. The van der Waals surface area contributed by atoms with E-state index < -0.39 is 0 Å². The predicted octanol–water partition coefficient (Wildman–Crippen LogP) is 0.922. The van der Waals surface area contributed by atoms with Crippen LogP contribution in [-0.4, -0.2) is 12.5 Å². The average molecular weight is 173 g/mol. The van der Waals surface area contributed by atoms with Crippen molar-refractivity contribution in [1.82, 2.24) is 0 Å². The zero-order valence-electron chi connectivity index (χ0n) is 6.79. The molecule has 1 aromatic carbocycles. The summed E-state index contributed by atoms with van der Waals surface area (Å²) in [5.41, 5.74) is 2.12. The summed E-state index contributed by atoms with van der Waals surface area (Å²) in [4.78, 5) is 10.9. The Bertz CT molecular complexity index is 406. The lowest BCUT2D eigenvalue weighted by atomic mass is 10.1. The molecule has 1 heterocycles. The van der Waals surface area contributed by atoms with Crippen molar-refractivity contribution >= 4 is 17.3 Å². The van der Waals surface area contributed by atoms with Crippen LogP contribution in [0.25, 0.3) is 0 Å². The molecule has 0 saturated heterocycles. The van der Waals surface area contributed by atoms with Crippen molar-refractivity contribution in [2.45, 2.75) is 0 Å². The summed E-state index contributed by atoms with van der Waals surface area (Å²) in [5.74, 6) is -0.0581. The summed E-state index contributed by atoms with van der Waals surface area (Å²) in [6.45, 7) is 0.266. The molecule has 0 atom stereocenters. The standard InChI is InChI=1S/C9H7N3O/c10-4-6-1-2-7-8(3-6)11-5-9(13)12-7/h1-3,11H,5H2,(H,12,13). The monoisotopic (exact) mass is 173 g/mol. The number of fused-ring (bicyclic) bond motifs is 1. The topological polar surface area (TPSA) is 64.9 Å². The zero-order chi connectivity index (χ0) is 9.26. The second-order valence-electron chi connectivity index (χ2n) is 2.77. The average Bonchev–Trinajstić information content (AvgIpc) is 2.17. The number of nitrogens with zero attached hydrogens (tertiary/aromatic N) is 1. The molecule has 0 spiro atoms. The maximum Gasteiger partial charge on any atom is 0.243 e. The van der Waals surface area contributed by atoms with Gasteiger partial charge in [-0.25, -0.2) is 0 Å². The lowest BCUT2D eigenvalue weighted by Gasteiger charge is -2.18. The molecule has 1 aromatic rings. The second-order valence-corrected chi connectivity index (χ2v) is 2.77. The molecule has 1 amide bonds. The molecule has 0 aliphatic carbocycles. The number of nitriles is 1. The first-order chi connectivity index (χ1) is 6.29. The quantitative estimate of drug-likeness (QED) is 0.613. The van der Waals surface area contributed by atoms with E-state index in [2.05, 4.69) is 10.6 Å². The van der Waals surface area contributed by atoms with E-state index in [0.717, 1.165) is 11.4 Å². The van der Waals surface area contributed by atoms with Crippen molar-refractivity contribution < 1.29 is 4.79 Å². The molecule has 0 fully saturated rings. The van der Waals surface area contributed by atoms with Gasteiger partial charge in [-0.2, -0.15) is 5.26 Å². The summed E-state index contributed by atoms with van der Waals surface area (Å²) in [6, 6.07) is 7.15. The predicted molar refractivity (Wildman–Crippen MR) is 48.3 cm³/mol. The molecule has 64 valence electrons. The third-order valence-corrected chi connectivity index (χ3v) is 1.86. The Labute approximate surface area is 75.2 Å². The summed E-state index contributed by atoms with van der Waals surface area (Å²) < 4.78 is 0. The van der Waals surface area contributed by atoms with Gasteiger partial charge in [0, 0.05) is 0 Å². The van der Waals surface area contributed by atoms with Crippen molar-refractivity contribution in [2.75, 3.05) is 17.2 Å². The van der Waals surface area contributed by atoms with Gasteiger partial charge in [-0.05, 0) is 18.2 Å². The highest BCUT2D eigenvalue weighted by Crippen LogP contribution is 2.25. The van der Waals surface area contributed by atoms with Crippen molar-refractivity contribution in [1.29, 1.82) is 5.26 Å². The van der Waals surface area contributed by atoms with Gasteiger partial charge in [-0.3, -0.25) is 4.79 Å². The molecule has 1 aliphatic rings. The Morgan fingerprint density at radius 2 is 2.23 bits per heavy atom. The van der Waals surface area contributed by atoms with E-state index >= 15 is 0 Å². The highest BCUT2D eigenvalue weighted by atomic mass is 16.2. The number of carbonyl (C=O) groups excluding carboxylic acids is 1. The summed E-state index contributed by atoms with van der Waals surface area (Å²) >= 11 is 0. The van der Waals surface area contributed by atoms with Crippen molar-refractivity contribution in [3.63, 3.8) is 0 Å². The largest absolute Gasteiger partial charge is 0.374 e. The lowest BCUT2D eigenvalue weighted by molar-refractivity contribution is -0.114. The van der Waals surface area contributed by atoms with E-state index in [-0.39, 0.29) is 12.5 Å². The first-order valence-electron chi connectivity index (χ1n) is 3.87. The van der Waals surface area contributed by atoms with Crippen molar-refractivity contribution in [2.24, 2.45) is 0 Å². The summed E-state index contributed by atoms with van der Waals surface area (Å²) in [6.07, 6.45) is 0. The van der Waals surface area contributed by atoms with Crippen molar-refractivity contribution in [3.05, 3.63) is 23.8 Å². The van der Waals surface area contributed by atoms with Gasteiger partial charge in [-0.1, -0.05) is 0 Å². The normalized spacial score (nSPS) is 13.6. The van der Waals surface area contributed by atoms with Crippen molar-refractivity contribution in [3.8, 4) is 6.07 Å². The van der Waals surface area contributed by atoms with Gasteiger partial charge in [0.2, 0.25) is 5.91 Å². The van der Waals surface area contributed by atoms with E-state index in [1.807, 2.05) is 6.07 Å². The highest BCUT2D eigenvalue weighted by molar-refractivity contribution is 6.00. The number of amides is 1. The van der Waals surface area contributed by atoms with Gasteiger partial charge in [0.1, 0.15) is 0 Å². The third kappa shape index (κ3) is 1.32. The molecule has 0 unspecified atom stereocenters. The van der Waals surface area contributed by atoms with Gasteiger partial charge >= 0.3 is 0 Å². The molecule has 0 radical (unpaired) electrons. The second kappa shape index (κ2) is 2.79. The molecule has 0 aromatic heterocycles. The van der Waals surface area contributed by atoms with E-state index in [0.29, 0.717) is 5.56 Å². The van der Waals surface area contributed by atoms with E-state index in [1.165, 1.54) is 0 Å². The maximum absolute atomic E-state index is 10.9. The number of benzene rings is 1. The van der Waals surface area contributed by atoms with Crippen LogP contribution in [0.1, 0.15) is 5.56 Å².